The van der Waals surface area contributed by atoms with Crippen LogP contribution in [0.5, 0.6) is 0 Å². The fraction of sp³-hybridized carbons (Fsp3) is 0.409. The lowest BCUT2D eigenvalue weighted by molar-refractivity contribution is -0.154. The maximum atomic E-state index is 12.2. The van der Waals surface area contributed by atoms with Crippen LogP contribution in [0.3, 0.4) is 0 Å². The molecule has 1 aliphatic carbocycles. The van der Waals surface area contributed by atoms with Gasteiger partial charge in [0.05, 0.1) is 6.42 Å². The summed E-state index contributed by atoms with van der Waals surface area (Å²) in [6.45, 7) is 1.28. The largest absolute Gasteiger partial charge is 0.451 e. The summed E-state index contributed by atoms with van der Waals surface area (Å²) in [7, 11) is 0. The van der Waals surface area contributed by atoms with Crippen molar-refractivity contribution >= 4 is 28.6 Å². The number of carbonyl (C=O) groups excluding carboxylic acids is 3. The Hall–Kier alpha value is -2.89. The number of hydrogen-bond acceptors (Lipinski definition) is 4. The molecule has 0 bridgehead atoms. The first-order valence-corrected chi connectivity index (χ1v) is 9.76. The Morgan fingerprint density at radius 3 is 2.57 bits per heavy atom. The highest BCUT2D eigenvalue weighted by Gasteiger charge is 2.23. The molecule has 1 saturated carbocycles. The van der Waals surface area contributed by atoms with Gasteiger partial charge >= 0.3 is 5.97 Å². The molecule has 0 unspecified atom stereocenters. The monoisotopic (exact) mass is 382 g/mol. The number of carbonyl (C=O) groups is 3. The summed E-state index contributed by atoms with van der Waals surface area (Å²) in [5, 5.41) is 7.54. The van der Waals surface area contributed by atoms with Crippen LogP contribution in [-0.4, -0.2) is 36.5 Å². The zero-order chi connectivity index (χ0) is 19.9. The maximum Gasteiger partial charge on any atom is 0.326 e. The van der Waals surface area contributed by atoms with Gasteiger partial charge in [-0.05, 0) is 36.1 Å². The van der Waals surface area contributed by atoms with Crippen molar-refractivity contribution in [1.82, 2.24) is 10.6 Å². The SMILES string of the molecule is C[C@H](OC(=O)CNC(=O)Cc1cccc2ccccc12)C(=O)NC1CCCC1. The van der Waals surface area contributed by atoms with E-state index >= 15 is 0 Å². The summed E-state index contributed by atoms with van der Waals surface area (Å²) >= 11 is 0. The van der Waals surface area contributed by atoms with E-state index in [9.17, 15) is 14.4 Å². The summed E-state index contributed by atoms with van der Waals surface area (Å²) in [6.07, 6.45) is 3.46. The van der Waals surface area contributed by atoms with E-state index in [2.05, 4.69) is 10.6 Å². The van der Waals surface area contributed by atoms with Gasteiger partial charge in [0.2, 0.25) is 5.91 Å². The molecule has 1 fully saturated rings. The van der Waals surface area contributed by atoms with Gasteiger partial charge in [-0.3, -0.25) is 14.4 Å². The Morgan fingerprint density at radius 2 is 1.79 bits per heavy atom. The smallest absolute Gasteiger partial charge is 0.326 e. The summed E-state index contributed by atoms with van der Waals surface area (Å²) < 4.78 is 5.13. The van der Waals surface area contributed by atoms with Crippen molar-refractivity contribution in [2.45, 2.75) is 51.2 Å². The number of rotatable bonds is 7. The van der Waals surface area contributed by atoms with Crippen molar-refractivity contribution in [3.8, 4) is 0 Å². The molecule has 1 aliphatic rings. The zero-order valence-electron chi connectivity index (χ0n) is 16.1. The summed E-state index contributed by atoms with van der Waals surface area (Å²) in [5.74, 6) is -1.18. The Labute approximate surface area is 164 Å². The molecule has 0 aromatic heterocycles. The van der Waals surface area contributed by atoms with Crippen LogP contribution in [0.25, 0.3) is 10.8 Å². The van der Waals surface area contributed by atoms with Crippen LogP contribution in [0.15, 0.2) is 42.5 Å². The van der Waals surface area contributed by atoms with E-state index in [1.54, 1.807) is 6.92 Å². The van der Waals surface area contributed by atoms with Crippen molar-refractivity contribution < 1.29 is 19.1 Å². The standard InChI is InChI=1S/C22H26N2O4/c1-15(22(27)24-18-10-3-4-11-18)28-21(26)14-23-20(25)13-17-9-6-8-16-7-2-5-12-19(16)17/h2,5-9,12,15,18H,3-4,10-11,13-14H2,1H3,(H,23,25)(H,24,27)/t15-/m0/s1. The van der Waals surface area contributed by atoms with Crippen LogP contribution in [0, 0.1) is 0 Å². The van der Waals surface area contributed by atoms with Gasteiger partial charge in [-0.1, -0.05) is 55.3 Å². The van der Waals surface area contributed by atoms with Gasteiger partial charge in [0.15, 0.2) is 6.10 Å². The van der Waals surface area contributed by atoms with Gasteiger partial charge in [-0.2, -0.15) is 0 Å². The summed E-state index contributed by atoms with van der Waals surface area (Å²) in [4.78, 5) is 36.2. The third kappa shape index (κ3) is 5.31. The molecule has 0 heterocycles. The summed E-state index contributed by atoms with van der Waals surface area (Å²) in [6, 6.07) is 13.8. The predicted octanol–water partition coefficient (Wildman–Crippen LogP) is 2.49. The maximum absolute atomic E-state index is 12.2. The molecule has 2 amide bonds. The van der Waals surface area contributed by atoms with Gasteiger partial charge in [0, 0.05) is 6.04 Å². The van der Waals surface area contributed by atoms with E-state index < -0.39 is 12.1 Å². The quantitative estimate of drug-likeness (QED) is 0.721. The highest BCUT2D eigenvalue weighted by molar-refractivity contribution is 5.91. The fourth-order valence-corrected chi connectivity index (χ4v) is 3.53. The Morgan fingerprint density at radius 1 is 1.07 bits per heavy atom. The molecule has 2 aromatic carbocycles. The molecule has 1 atom stereocenters. The van der Waals surface area contributed by atoms with Crippen molar-refractivity contribution in [3.05, 3.63) is 48.0 Å². The molecule has 6 heteroatoms. The minimum Gasteiger partial charge on any atom is -0.451 e. The molecule has 2 aromatic rings. The minimum atomic E-state index is -0.872. The van der Waals surface area contributed by atoms with E-state index in [1.165, 1.54) is 0 Å². The molecule has 6 nitrogen and oxygen atoms in total. The van der Waals surface area contributed by atoms with Crippen molar-refractivity contribution in [2.24, 2.45) is 0 Å². The van der Waals surface area contributed by atoms with Crippen LogP contribution in [0.1, 0.15) is 38.2 Å². The van der Waals surface area contributed by atoms with Gasteiger partial charge in [0.25, 0.3) is 5.91 Å². The Balaban J connectivity index is 1.44. The first kappa shape index (κ1) is 19.9. The number of benzene rings is 2. The van der Waals surface area contributed by atoms with Crippen LogP contribution in [-0.2, 0) is 25.5 Å². The molecule has 0 aliphatic heterocycles. The molecule has 148 valence electrons. The fourth-order valence-electron chi connectivity index (χ4n) is 3.53. The molecule has 3 rings (SSSR count). The highest BCUT2D eigenvalue weighted by Crippen LogP contribution is 2.19. The summed E-state index contributed by atoms with van der Waals surface area (Å²) in [5.41, 5.74) is 0.897. The van der Waals surface area contributed by atoms with E-state index in [0.717, 1.165) is 42.0 Å². The lowest BCUT2D eigenvalue weighted by Crippen LogP contribution is -2.42. The number of fused-ring (bicyclic) bond motifs is 1. The third-order valence-electron chi connectivity index (χ3n) is 5.04. The van der Waals surface area contributed by atoms with E-state index in [-0.39, 0.29) is 30.8 Å². The minimum absolute atomic E-state index is 0.173. The average molecular weight is 382 g/mol. The lowest BCUT2D eigenvalue weighted by Gasteiger charge is -2.17. The Kier molecular flexibility index (Phi) is 6.63. The van der Waals surface area contributed by atoms with E-state index in [0.29, 0.717) is 0 Å². The molecular formula is C22H26N2O4. The lowest BCUT2D eigenvalue weighted by atomic mass is 10.0. The van der Waals surface area contributed by atoms with Gasteiger partial charge in [-0.25, -0.2) is 0 Å². The molecule has 28 heavy (non-hydrogen) atoms. The average Bonchev–Trinajstić information content (AvgIpc) is 3.19. The molecule has 0 radical (unpaired) electrons. The van der Waals surface area contributed by atoms with Crippen LogP contribution in [0.2, 0.25) is 0 Å². The first-order chi connectivity index (χ1) is 13.5. The first-order valence-electron chi connectivity index (χ1n) is 9.76. The second-order valence-corrected chi connectivity index (χ2v) is 7.21. The van der Waals surface area contributed by atoms with Crippen LogP contribution >= 0.6 is 0 Å². The normalized spacial score (nSPS) is 15.2. The highest BCUT2D eigenvalue weighted by atomic mass is 16.5. The van der Waals surface area contributed by atoms with Crippen molar-refractivity contribution in [2.75, 3.05) is 6.54 Å². The van der Waals surface area contributed by atoms with Gasteiger partial charge in [-0.15, -0.1) is 0 Å². The second kappa shape index (κ2) is 9.35. The molecule has 0 spiro atoms. The third-order valence-corrected chi connectivity index (χ3v) is 5.04. The number of esters is 1. The van der Waals surface area contributed by atoms with Gasteiger partial charge < -0.3 is 15.4 Å². The van der Waals surface area contributed by atoms with Crippen molar-refractivity contribution in [1.29, 1.82) is 0 Å². The Bertz CT molecular complexity index is 853. The van der Waals surface area contributed by atoms with E-state index in [4.69, 9.17) is 4.74 Å². The van der Waals surface area contributed by atoms with Crippen molar-refractivity contribution in [3.63, 3.8) is 0 Å². The number of amides is 2. The molecule has 0 saturated heterocycles. The number of nitrogens with one attached hydrogen (secondary N) is 2. The molecule has 2 N–H and O–H groups in total. The predicted molar refractivity (Wildman–Crippen MR) is 107 cm³/mol. The number of hydrogen-bond donors (Lipinski definition) is 2. The topological polar surface area (TPSA) is 84.5 Å². The number of ether oxygens (including phenoxy) is 1. The van der Waals surface area contributed by atoms with Crippen LogP contribution in [0.4, 0.5) is 0 Å². The van der Waals surface area contributed by atoms with E-state index in [1.807, 2.05) is 42.5 Å². The van der Waals surface area contributed by atoms with Crippen LogP contribution < -0.4 is 10.6 Å². The molecular weight excluding hydrogens is 356 g/mol. The second-order valence-electron chi connectivity index (χ2n) is 7.21. The zero-order valence-corrected chi connectivity index (χ0v) is 16.1. The van der Waals surface area contributed by atoms with Gasteiger partial charge in [0.1, 0.15) is 6.54 Å².